The Kier molecular flexibility index (Phi) is 1.27. The highest BCUT2D eigenvalue weighted by atomic mass is 15.0. The van der Waals surface area contributed by atoms with E-state index in [1.807, 2.05) is 0 Å². The van der Waals surface area contributed by atoms with Crippen molar-refractivity contribution in [2.24, 2.45) is 0 Å². The molecule has 0 fully saturated rings. The highest BCUT2D eigenvalue weighted by molar-refractivity contribution is 5.45. The van der Waals surface area contributed by atoms with E-state index in [1.54, 1.807) is 6.33 Å². The predicted molar refractivity (Wildman–Crippen MR) is 37.7 cm³/mol. The van der Waals surface area contributed by atoms with Crippen LogP contribution in [0.25, 0.3) is 0 Å². The first-order valence-corrected chi connectivity index (χ1v) is 3.42. The fourth-order valence-electron chi connectivity index (χ4n) is 1.12. The summed E-state index contributed by atoms with van der Waals surface area (Å²) in [6.07, 6.45) is 6.63. The number of anilines is 1. The van der Waals surface area contributed by atoms with Crippen LogP contribution in [0.15, 0.2) is 6.33 Å². The zero-order chi connectivity index (χ0) is 6.81. The second-order valence-electron chi connectivity index (χ2n) is 2.34. The number of hydrogen-bond donors (Lipinski definition) is 1. The normalized spacial score (nSPS) is 15.6. The molecule has 1 aliphatic rings. The lowest BCUT2D eigenvalue weighted by Gasteiger charge is -2.14. The van der Waals surface area contributed by atoms with E-state index in [-0.39, 0.29) is 0 Å². The molecule has 0 bridgehead atoms. The van der Waals surface area contributed by atoms with Gasteiger partial charge < -0.3 is 5.32 Å². The van der Waals surface area contributed by atoms with Crippen molar-refractivity contribution in [2.45, 2.75) is 12.8 Å². The first-order valence-electron chi connectivity index (χ1n) is 3.42. The third-order valence-electron chi connectivity index (χ3n) is 1.63. The molecule has 0 aromatic carbocycles. The highest BCUT2D eigenvalue weighted by Gasteiger charge is 2.07. The monoisotopic (exact) mass is 134 g/mol. The van der Waals surface area contributed by atoms with Crippen LogP contribution in [0.5, 0.6) is 0 Å². The van der Waals surface area contributed by atoms with Crippen LogP contribution in [-0.2, 0) is 6.42 Å². The third kappa shape index (κ3) is 0.835. The lowest BCUT2D eigenvalue weighted by Crippen LogP contribution is -2.13. The lowest BCUT2D eigenvalue weighted by molar-refractivity contribution is 0.793. The highest BCUT2D eigenvalue weighted by Crippen LogP contribution is 2.15. The fraction of sp³-hybridized carbons (Fsp3) is 0.429. The summed E-state index contributed by atoms with van der Waals surface area (Å²) in [6, 6.07) is 0. The Morgan fingerprint density at radius 2 is 2.60 bits per heavy atom. The summed E-state index contributed by atoms with van der Waals surface area (Å²) in [5, 5.41) is 3.18. The molecule has 2 rings (SSSR count). The summed E-state index contributed by atoms with van der Waals surface area (Å²) in [4.78, 5) is 7.91. The van der Waals surface area contributed by atoms with E-state index < -0.39 is 0 Å². The maximum absolute atomic E-state index is 4.11. The first kappa shape index (κ1) is 5.65. The van der Waals surface area contributed by atoms with E-state index in [4.69, 9.17) is 0 Å². The van der Waals surface area contributed by atoms with E-state index in [0.717, 1.165) is 30.8 Å². The number of aryl methyl sites for hydroxylation is 1. The lowest BCUT2D eigenvalue weighted by atomic mass is 10.1. The van der Waals surface area contributed by atoms with Gasteiger partial charge in [0.1, 0.15) is 12.5 Å². The van der Waals surface area contributed by atoms with Crippen LogP contribution in [0.4, 0.5) is 5.69 Å². The Morgan fingerprint density at radius 3 is 3.50 bits per heavy atom. The zero-order valence-corrected chi connectivity index (χ0v) is 5.59. The van der Waals surface area contributed by atoms with Crippen molar-refractivity contribution in [3.63, 3.8) is 0 Å². The van der Waals surface area contributed by atoms with Gasteiger partial charge in [-0.15, -0.1) is 0 Å². The van der Waals surface area contributed by atoms with Crippen LogP contribution in [0.3, 0.4) is 0 Å². The summed E-state index contributed by atoms with van der Waals surface area (Å²) in [5.41, 5.74) is 2.08. The van der Waals surface area contributed by atoms with Crippen LogP contribution in [0.2, 0.25) is 0 Å². The molecule has 1 radical (unpaired) electrons. The summed E-state index contributed by atoms with van der Waals surface area (Å²) in [7, 11) is 0. The molecule has 3 heteroatoms. The zero-order valence-electron chi connectivity index (χ0n) is 5.59. The van der Waals surface area contributed by atoms with Crippen LogP contribution in [0, 0.1) is 6.20 Å². The van der Waals surface area contributed by atoms with Crippen LogP contribution < -0.4 is 5.32 Å². The van der Waals surface area contributed by atoms with Crippen molar-refractivity contribution in [2.75, 3.05) is 11.9 Å². The Balaban J connectivity index is 2.41. The predicted octanol–water partition coefficient (Wildman–Crippen LogP) is 0.635. The molecule has 0 saturated carbocycles. The average molecular weight is 134 g/mol. The van der Waals surface area contributed by atoms with Gasteiger partial charge >= 0.3 is 0 Å². The number of rotatable bonds is 0. The Hall–Kier alpha value is -1.12. The van der Waals surface area contributed by atoms with Crippen molar-refractivity contribution >= 4 is 5.69 Å². The minimum absolute atomic E-state index is 0.980. The minimum atomic E-state index is 0.980. The number of nitrogens with one attached hydrogen (secondary N) is 1. The van der Waals surface area contributed by atoms with E-state index >= 15 is 0 Å². The number of hydrogen-bond acceptors (Lipinski definition) is 3. The van der Waals surface area contributed by atoms with Crippen LogP contribution >= 0.6 is 0 Å². The maximum atomic E-state index is 4.11. The van der Waals surface area contributed by atoms with Crippen LogP contribution in [-0.4, -0.2) is 16.5 Å². The summed E-state index contributed by atoms with van der Waals surface area (Å²) in [5.74, 6) is 0. The van der Waals surface area contributed by atoms with E-state index in [2.05, 4.69) is 21.5 Å². The van der Waals surface area contributed by atoms with Gasteiger partial charge in [-0.3, -0.25) is 0 Å². The molecule has 1 N–H and O–H groups in total. The summed E-state index contributed by atoms with van der Waals surface area (Å²) in [6.45, 7) is 1.02. The first-order chi connectivity index (χ1) is 4.97. The van der Waals surface area contributed by atoms with E-state index in [1.165, 1.54) is 0 Å². The Bertz CT molecular complexity index is 209. The van der Waals surface area contributed by atoms with Crippen molar-refractivity contribution in [3.8, 4) is 0 Å². The molecular weight excluding hydrogens is 126 g/mol. The van der Waals surface area contributed by atoms with Gasteiger partial charge in [0.15, 0.2) is 0 Å². The van der Waals surface area contributed by atoms with E-state index in [0.29, 0.717) is 0 Å². The summed E-state index contributed by atoms with van der Waals surface area (Å²) >= 11 is 0. The van der Waals surface area contributed by atoms with E-state index in [9.17, 15) is 0 Å². The van der Waals surface area contributed by atoms with Crippen molar-refractivity contribution in [3.05, 3.63) is 18.2 Å². The maximum Gasteiger partial charge on any atom is 0.118 e. The SMILES string of the molecule is [c]1ncnc2c1NCCC2. The fourth-order valence-corrected chi connectivity index (χ4v) is 1.12. The molecule has 3 nitrogen and oxygen atoms in total. The quantitative estimate of drug-likeness (QED) is 0.565. The second kappa shape index (κ2) is 2.25. The van der Waals surface area contributed by atoms with Crippen molar-refractivity contribution < 1.29 is 0 Å². The van der Waals surface area contributed by atoms with Gasteiger partial charge in [0, 0.05) is 6.54 Å². The van der Waals surface area contributed by atoms with Crippen molar-refractivity contribution in [1.82, 2.24) is 9.97 Å². The van der Waals surface area contributed by atoms with Gasteiger partial charge in [-0.25, -0.2) is 9.97 Å². The second-order valence-corrected chi connectivity index (χ2v) is 2.34. The number of aromatic nitrogens is 2. The molecule has 0 saturated heterocycles. The smallest absolute Gasteiger partial charge is 0.118 e. The molecule has 1 aromatic heterocycles. The number of nitrogens with zero attached hydrogens (tertiary/aromatic N) is 2. The molecule has 2 heterocycles. The largest absolute Gasteiger partial charge is 0.382 e. The minimum Gasteiger partial charge on any atom is -0.382 e. The average Bonchev–Trinajstić information content (AvgIpc) is 2.05. The number of fused-ring (bicyclic) bond motifs is 1. The molecular formula is C7H8N3. The van der Waals surface area contributed by atoms with Gasteiger partial charge in [-0.2, -0.15) is 0 Å². The molecule has 0 atom stereocenters. The molecule has 51 valence electrons. The van der Waals surface area contributed by atoms with Gasteiger partial charge in [0.05, 0.1) is 11.4 Å². The molecule has 0 unspecified atom stereocenters. The van der Waals surface area contributed by atoms with Gasteiger partial charge in [-0.05, 0) is 12.8 Å². The topological polar surface area (TPSA) is 37.8 Å². The molecule has 0 aliphatic carbocycles. The Morgan fingerprint density at radius 1 is 1.60 bits per heavy atom. The third-order valence-corrected chi connectivity index (χ3v) is 1.63. The molecule has 1 aliphatic heterocycles. The van der Waals surface area contributed by atoms with Gasteiger partial charge in [0.2, 0.25) is 0 Å². The molecule has 0 spiro atoms. The molecule has 1 aromatic rings. The Labute approximate surface area is 59.5 Å². The molecule has 0 amide bonds. The van der Waals surface area contributed by atoms with Gasteiger partial charge in [0.25, 0.3) is 0 Å². The van der Waals surface area contributed by atoms with Crippen LogP contribution in [0.1, 0.15) is 12.1 Å². The standard InChI is InChI=1S/C7H8N3/c1-2-6-7(9-3-1)4-8-5-10-6/h5,9H,1-3H2. The molecule has 10 heavy (non-hydrogen) atoms. The van der Waals surface area contributed by atoms with Gasteiger partial charge in [-0.1, -0.05) is 0 Å². The van der Waals surface area contributed by atoms with Crippen molar-refractivity contribution in [1.29, 1.82) is 0 Å². The summed E-state index contributed by atoms with van der Waals surface area (Å²) < 4.78 is 0.